The summed E-state index contributed by atoms with van der Waals surface area (Å²) in [5, 5.41) is 7.20. The van der Waals surface area contributed by atoms with Gasteiger partial charge >= 0.3 is 0 Å². The lowest BCUT2D eigenvalue weighted by atomic mass is 10.1. The van der Waals surface area contributed by atoms with Gasteiger partial charge in [-0.25, -0.2) is 4.68 Å². The van der Waals surface area contributed by atoms with Crippen molar-refractivity contribution in [2.45, 2.75) is 31.9 Å². The van der Waals surface area contributed by atoms with Gasteiger partial charge in [0, 0.05) is 24.8 Å². The largest absolute Gasteiger partial charge is 0.368 e. The van der Waals surface area contributed by atoms with Crippen molar-refractivity contribution in [2.75, 3.05) is 13.2 Å². The third-order valence-corrected chi connectivity index (χ3v) is 4.03. The molecular weight excluding hydrogens is 306 g/mol. The van der Waals surface area contributed by atoms with Crippen molar-refractivity contribution in [2.24, 2.45) is 0 Å². The average molecular weight is 327 g/mol. The molecule has 1 saturated heterocycles. The molecule has 0 unspecified atom stereocenters. The van der Waals surface area contributed by atoms with E-state index in [9.17, 15) is 9.59 Å². The normalized spacial score (nSPS) is 17.4. The molecule has 2 aromatic rings. The third kappa shape index (κ3) is 4.08. The summed E-state index contributed by atoms with van der Waals surface area (Å²) >= 11 is 0. The van der Waals surface area contributed by atoms with Crippen LogP contribution in [0, 0.1) is 0 Å². The van der Waals surface area contributed by atoms with E-state index in [-0.39, 0.29) is 17.6 Å². The number of aromatic nitrogens is 2. The SMILES string of the molecule is O=C(NCCn1nc(-c2ccccc2)ccc1=O)[C@@H]1CCCCO1. The van der Waals surface area contributed by atoms with Crippen LogP contribution in [-0.4, -0.2) is 34.9 Å². The summed E-state index contributed by atoms with van der Waals surface area (Å²) < 4.78 is 6.83. The first-order chi connectivity index (χ1) is 11.7. The molecule has 1 aliphatic rings. The first-order valence-electron chi connectivity index (χ1n) is 8.27. The Morgan fingerprint density at radius 3 is 2.79 bits per heavy atom. The molecular formula is C18H21N3O3. The van der Waals surface area contributed by atoms with Crippen molar-refractivity contribution in [3.05, 3.63) is 52.8 Å². The molecule has 3 rings (SSSR count). The third-order valence-electron chi connectivity index (χ3n) is 4.03. The summed E-state index contributed by atoms with van der Waals surface area (Å²) in [6.07, 6.45) is 2.42. The van der Waals surface area contributed by atoms with E-state index in [0.29, 0.717) is 19.7 Å². The summed E-state index contributed by atoms with van der Waals surface area (Å²) in [6.45, 7) is 1.32. The van der Waals surface area contributed by atoms with Crippen LogP contribution >= 0.6 is 0 Å². The minimum atomic E-state index is -0.362. The van der Waals surface area contributed by atoms with E-state index in [1.807, 2.05) is 30.3 Å². The van der Waals surface area contributed by atoms with Crippen molar-refractivity contribution in [3.8, 4) is 11.3 Å². The van der Waals surface area contributed by atoms with Gasteiger partial charge < -0.3 is 10.1 Å². The number of hydrogen-bond acceptors (Lipinski definition) is 4. The van der Waals surface area contributed by atoms with Gasteiger partial charge in [-0.2, -0.15) is 5.10 Å². The van der Waals surface area contributed by atoms with Crippen molar-refractivity contribution in [1.29, 1.82) is 0 Å². The number of hydrogen-bond donors (Lipinski definition) is 1. The van der Waals surface area contributed by atoms with Crippen LogP contribution in [0.5, 0.6) is 0 Å². The second-order valence-corrected chi connectivity index (χ2v) is 5.79. The minimum absolute atomic E-state index is 0.109. The Bertz CT molecular complexity index is 737. The highest BCUT2D eigenvalue weighted by Crippen LogP contribution is 2.14. The highest BCUT2D eigenvalue weighted by atomic mass is 16.5. The maximum absolute atomic E-state index is 12.0. The van der Waals surface area contributed by atoms with E-state index in [2.05, 4.69) is 10.4 Å². The molecule has 0 bridgehead atoms. The highest BCUT2D eigenvalue weighted by Gasteiger charge is 2.21. The molecule has 1 aliphatic heterocycles. The van der Waals surface area contributed by atoms with Crippen molar-refractivity contribution in [3.63, 3.8) is 0 Å². The van der Waals surface area contributed by atoms with E-state index in [1.165, 1.54) is 10.7 Å². The van der Waals surface area contributed by atoms with Crippen LogP contribution in [0.2, 0.25) is 0 Å². The Kier molecular flexibility index (Phi) is 5.38. The lowest BCUT2D eigenvalue weighted by molar-refractivity contribution is -0.135. The number of rotatable bonds is 5. The molecule has 0 aliphatic carbocycles. The zero-order valence-electron chi connectivity index (χ0n) is 13.5. The quantitative estimate of drug-likeness (QED) is 0.905. The molecule has 126 valence electrons. The topological polar surface area (TPSA) is 73.2 Å². The fourth-order valence-corrected chi connectivity index (χ4v) is 2.72. The van der Waals surface area contributed by atoms with Crippen LogP contribution in [0.1, 0.15) is 19.3 Å². The maximum Gasteiger partial charge on any atom is 0.266 e. The van der Waals surface area contributed by atoms with Gasteiger partial charge in [-0.15, -0.1) is 0 Å². The molecule has 1 atom stereocenters. The van der Waals surface area contributed by atoms with Crippen LogP contribution in [0.4, 0.5) is 0 Å². The van der Waals surface area contributed by atoms with Gasteiger partial charge in [0.1, 0.15) is 6.10 Å². The Balaban J connectivity index is 1.60. The number of nitrogens with zero attached hydrogens (tertiary/aromatic N) is 2. The smallest absolute Gasteiger partial charge is 0.266 e. The Labute approximate surface area is 140 Å². The van der Waals surface area contributed by atoms with Gasteiger partial charge in [0.25, 0.3) is 5.56 Å². The summed E-state index contributed by atoms with van der Waals surface area (Å²) in [7, 11) is 0. The molecule has 24 heavy (non-hydrogen) atoms. The molecule has 0 spiro atoms. The molecule has 1 aromatic heterocycles. The number of amides is 1. The molecule has 6 heteroatoms. The first-order valence-corrected chi connectivity index (χ1v) is 8.27. The fraction of sp³-hybridized carbons (Fsp3) is 0.389. The van der Waals surface area contributed by atoms with Crippen LogP contribution in [0.15, 0.2) is 47.3 Å². The van der Waals surface area contributed by atoms with Crippen LogP contribution in [0.3, 0.4) is 0 Å². The van der Waals surface area contributed by atoms with E-state index >= 15 is 0 Å². The van der Waals surface area contributed by atoms with Gasteiger partial charge in [-0.3, -0.25) is 9.59 Å². The molecule has 6 nitrogen and oxygen atoms in total. The molecule has 1 N–H and O–H groups in total. The van der Waals surface area contributed by atoms with Crippen molar-refractivity contribution >= 4 is 5.91 Å². The number of nitrogens with one attached hydrogen (secondary N) is 1. The van der Waals surface area contributed by atoms with Gasteiger partial charge in [0.2, 0.25) is 5.91 Å². The van der Waals surface area contributed by atoms with Crippen molar-refractivity contribution in [1.82, 2.24) is 15.1 Å². The first kappa shape index (κ1) is 16.4. The zero-order valence-corrected chi connectivity index (χ0v) is 13.5. The molecule has 0 saturated carbocycles. The Morgan fingerprint density at radius 1 is 1.21 bits per heavy atom. The predicted octanol–water partition coefficient (Wildman–Crippen LogP) is 1.60. The second-order valence-electron chi connectivity index (χ2n) is 5.79. The van der Waals surface area contributed by atoms with E-state index < -0.39 is 0 Å². The number of carbonyl (C=O) groups excluding carboxylic acids is 1. The Morgan fingerprint density at radius 2 is 2.04 bits per heavy atom. The minimum Gasteiger partial charge on any atom is -0.368 e. The van der Waals surface area contributed by atoms with Crippen LogP contribution in [0.25, 0.3) is 11.3 Å². The Hall–Kier alpha value is -2.47. The van der Waals surface area contributed by atoms with Gasteiger partial charge in [0.05, 0.1) is 12.2 Å². The van der Waals surface area contributed by atoms with Crippen LogP contribution in [-0.2, 0) is 16.1 Å². The summed E-state index contributed by atoms with van der Waals surface area (Å²) in [4.78, 5) is 24.0. The molecule has 0 radical (unpaired) electrons. The summed E-state index contributed by atoms with van der Waals surface area (Å²) in [5.41, 5.74) is 1.50. The standard InChI is InChI=1S/C18H21N3O3/c22-17-10-9-15(14-6-2-1-3-7-14)20-21(17)12-11-19-18(23)16-8-4-5-13-24-16/h1-3,6-7,9-10,16H,4-5,8,11-13H2,(H,19,23)/t16-/m0/s1. The molecule has 1 amide bonds. The van der Waals surface area contributed by atoms with Gasteiger partial charge in [-0.1, -0.05) is 30.3 Å². The van der Waals surface area contributed by atoms with E-state index in [4.69, 9.17) is 4.74 Å². The maximum atomic E-state index is 12.0. The van der Waals surface area contributed by atoms with E-state index in [1.54, 1.807) is 6.07 Å². The van der Waals surface area contributed by atoms with Gasteiger partial charge in [0.15, 0.2) is 0 Å². The summed E-state index contributed by atoms with van der Waals surface area (Å²) in [5.74, 6) is -0.109. The monoisotopic (exact) mass is 327 g/mol. The highest BCUT2D eigenvalue weighted by molar-refractivity contribution is 5.80. The number of benzene rings is 1. The average Bonchev–Trinajstić information content (AvgIpc) is 2.64. The predicted molar refractivity (Wildman–Crippen MR) is 90.5 cm³/mol. The molecule has 1 aromatic carbocycles. The molecule has 2 heterocycles. The second kappa shape index (κ2) is 7.88. The van der Waals surface area contributed by atoms with Crippen molar-refractivity contribution < 1.29 is 9.53 Å². The molecule has 1 fully saturated rings. The lowest BCUT2D eigenvalue weighted by Gasteiger charge is -2.21. The lowest BCUT2D eigenvalue weighted by Crippen LogP contribution is -2.40. The summed E-state index contributed by atoms with van der Waals surface area (Å²) in [6, 6.07) is 12.9. The van der Waals surface area contributed by atoms with Crippen LogP contribution < -0.4 is 10.9 Å². The zero-order chi connectivity index (χ0) is 16.8. The number of carbonyl (C=O) groups is 1. The van der Waals surface area contributed by atoms with E-state index in [0.717, 1.165) is 30.5 Å². The fourth-order valence-electron chi connectivity index (χ4n) is 2.72. The van der Waals surface area contributed by atoms with Gasteiger partial charge in [-0.05, 0) is 25.3 Å². The number of ether oxygens (including phenoxy) is 1.